The first kappa shape index (κ1) is 48.3. The number of rotatable bonds is 6. The quantitative estimate of drug-likeness (QED) is 0.156. The Kier molecular flexibility index (Phi) is 11.3. The normalized spacial score (nSPS) is 14.3. The van der Waals surface area contributed by atoms with E-state index in [2.05, 4.69) is 6.07 Å². The number of fused-ring (bicyclic) bond motifs is 6. The van der Waals surface area contributed by atoms with Crippen LogP contribution < -0.4 is 0 Å². The number of nitriles is 1. The van der Waals surface area contributed by atoms with Gasteiger partial charge in [0.05, 0.1) is 61.7 Å². The van der Waals surface area contributed by atoms with Gasteiger partial charge in [0, 0.05) is 56.4 Å². The number of benzene rings is 7. The van der Waals surface area contributed by atoms with Crippen molar-refractivity contribution in [3.63, 3.8) is 0 Å². The highest BCUT2D eigenvalue weighted by molar-refractivity contribution is 6.12. The van der Waals surface area contributed by atoms with Crippen LogP contribution in [0.3, 0.4) is 0 Å². The Balaban J connectivity index is 1.20. The molecule has 0 N–H and O–H groups in total. The van der Waals surface area contributed by atoms with Gasteiger partial charge >= 0.3 is 24.7 Å². The van der Waals surface area contributed by atoms with Crippen molar-refractivity contribution < 1.29 is 52.7 Å². The first-order valence-electron chi connectivity index (χ1n) is 22.6. The summed E-state index contributed by atoms with van der Waals surface area (Å²) >= 11 is 0. The maximum Gasteiger partial charge on any atom is 0.416 e. The van der Waals surface area contributed by atoms with Gasteiger partial charge in [-0.1, -0.05) is 78.9 Å². The molecule has 7 aromatic carbocycles. The minimum atomic E-state index is -4.89. The molecule has 0 saturated carbocycles. The van der Waals surface area contributed by atoms with E-state index in [1.807, 2.05) is 0 Å². The highest BCUT2D eigenvalue weighted by Gasteiger charge is 2.36. The van der Waals surface area contributed by atoms with Crippen molar-refractivity contribution in [1.82, 2.24) is 24.1 Å². The fourth-order valence-electron chi connectivity index (χ4n) is 9.57. The van der Waals surface area contributed by atoms with Crippen LogP contribution in [0.5, 0.6) is 0 Å². The summed E-state index contributed by atoms with van der Waals surface area (Å²) in [5, 5.41) is 10.3. The summed E-state index contributed by atoms with van der Waals surface area (Å²) in [5.74, 6) is 0.492. The number of hydrogen-bond donors (Lipinski definition) is 0. The van der Waals surface area contributed by atoms with Crippen molar-refractivity contribution in [2.24, 2.45) is 0 Å². The Morgan fingerprint density at radius 2 is 0.867 bits per heavy atom. The molecular formula is C57H30F12N6. The van der Waals surface area contributed by atoms with Gasteiger partial charge in [-0.15, -0.1) is 0 Å². The highest BCUT2D eigenvalue weighted by Crippen LogP contribution is 2.46. The number of halogens is 12. The largest absolute Gasteiger partial charge is 0.416 e. The molecule has 3 aromatic heterocycles. The lowest BCUT2D eigenvalue weighted by Crippen LogP contribution is -2.08. The second kappa shape index (κ2) is 17.6. The summed E-state index contributed by atoms with van der Waals surface area (Å²) in [4.78, 5) is 14.7. The molecule has 372 valence electrons. The maximum absolute atomic E-state index is 14.4. The first-order valence-corrected chi connectivity index (χ1v) is 22.6. The van der Waals surface area contributed by atoms with E-state index in [4.69, 9.17) is 15.0 Å². The third kappa shape index (κ3) is 8.73. The number of nitrogens with zero attached hydrogens (tertiary/aromatic N) is 6. The fraction of sp³-hybridized carbons (Fsp3) is 0.0877. The summed E-state index contributed by atoms with van der Waals surface area (Å²) in [6, 6.07) is 35.7. The van der Waals surface area contributed by atoms with Crippen LogP contribution in [-0.2, 0) is 24.7 Å². The van der Waals surface area contributed by atoms with Gasteiger partial charge in [0.1, 0.15) is 0 Å². The molecular weight excluding hydrogens is 997 g/mol. The minimum Gasteiger partial charge on any atom is -0.316 e. The second-order valence-electron chi connectivity index (χ2n) is 17.6. The molecule has 1 aliphatic carbocycles. The van der Waals surface area contributed by atoms with Crippen LogP contribution in [0.15, 0.2) is 175 Å². The van der Waals surface area contributed by atoms with Gasteiger partial charge in [-0.25, -0.2) is 15.0 Å². The van der Waals surface area contributed by atoms with Crippen LogP contribution in [0.25, 0.3) is 95.2 Å². The summed E-state index contributed by atoms with van der Waals surface area (Å²) in [6.45, 7) is 0. The monoisotopic (exact) mass is 1030 g/mol. The first-order chi connectivity index (χ1) is 35.7. The van der Waals surface area contributed by atoms with Gasteiger partial charge in [-0.05, 0) is 96.1 Å². The van der Waals surface area contributed by atoms with Crippen LogP contribution in [0.2, 0.25) is 0 Å². The van der Waals surface area contributed by atoms with E-state index < -0.39 is 47.0 Å². The summed E-state index contributed by atoms with van der Waals surface area (Å²) < 4.78 is 174. The molecule has 75 heavy (non-hydrogen) atoms. The van der Waals surface area contributed by atoms with Gasteiger partial charge in [-0.3, -0.25) is 0 Å². The van der Waals surface area contributed by atoms with E-state index in [-0.39, 0.29) is 95.5 Å². The Labute approximate surface area is 416 Å². The molecule has 11 rings (SSSR count). The van der Waals surface area contributed by atoms with E-state index in [0.29, 0.717) is 16.7 Å². The SMILES string of the molecule is N#CC1=C(c2c(-c3nc(-c4ccccc4)nc(-c4ccccc4)n3)cccc2-n2c3ccc(C(F)(F)F)cc3c3cc(C(F)(F)F)ccc32)C/C(=C/n2c3ccc(C(F)(F)F)cc3c3cc(C(F)(F)F)ccc32)C=C1. The van der Waals surface area contributed by atoms with E-state index >= 15 is 0 Å². The van der Waals surface area contributed by atoms with E-state index in [1.165, 1.54) is 21.4 Å². The third-order valence-electron chi connectivity index (χ3n) is 13.0. The van der Waals surface area contributed by atoms with Crippen LogP contribution in [0, 0.1) is 11.3 Å². The zero-order chi connectivity index (χ0) is 52.8. The van der Waals surface area contributed by atoms with Crippen LogP contribution in [0.1, 0.15) is 34.2 Å². The number of aromatic nitrogens is 5. The molecule has 1 aliphatic rings. The van der Waals surface area contributed by atoms with Gasteiger partial charge in [-0.2, -0.15) is 57.9 Å². The van der Waals surface area contributed by atoms with Gasteiger partial charge in [0.25, 0.3) is 0 Å². The van der Waals surface area contributed by atoms with Crippen molar-refractivity contribution in [2.75, 3.05) is 0 Å². The molecule has 0 fully saturated rings. The lowest BCUT2D eigenvalue weighted by atomic mass is 9.85. The Bertz CT molecular complexity index is 3890. The van der Waals surface area contributed by atoms with E-state index in [0.717, 1.165) is 72.8 Å². The number of hydrogen-bond acceptors (Lipinski definition) is 4. The summed E-state index contributed by atoms with van der Waals surface area (Å²) in [5.41, 5.74) is -1.63. The lowest BCUT2D eigenvalue weighted by Gasteiger charge is -2.23. The molecule has 0 bridgehead atoms. The standard InChI is InChI=1S/C57H30F12N6/c58-54(59,60)35-16-20-45-41(25-35)42-26-36(55(61,62)63)17-21-46(42)74(45)30-31-14-15-34(29-70)40(24-31)50-39(53-72-51(32-8-3-1-4-9-32)71-52(73-53)33-10-5-2-6-11-33)12-7-13-49(50)75-47-22-18-37(56(64,65)66)27-43(47)44-28-38(57(67,68)69)19-23-48(44)75/h1-23,25-28,30H,24H2/b31-30+. The smallest absolute Gasteiger partial charge is 0.316 e. The van der Waals surface area contributed by atoms with Gasteiger partial charge in [0.2, 0.25) is 0 Å². The molecule has 10 aromatic rings. The molecule has 0 atom stereocenters. The van der Waals surface area contributed by atoms with Crippen LogP contribution in [-0.4, -0.2) is 24.1 Å². The summed E-state index contributed by atoms with van der Waals surface area (Å²) in [7, 11) is 0. The van der Waals surface area contributed by atoms with Gasteiger partial charge < -0.3 is 9.13 Å². The zero-order valence-corrected chi connectivity index (χ0v) is 38.1. The van der Waals surface area contributed by atoms with E-state index in [1.54, 1.807) is 84.9 Å². The minimum absolute atomic E-state index is 0.0484. The van der Waals surface area contributed by atoms with Crippen molar-refractivity contribution in [3.8, 4) is 45.9 Å². The Morgan fingerprint density at radius 1 is 0.453 bits per heavy atom. The van der Waals surface area contributed by atoms with Gasteiger partial charge in [0.15, 0.2) is 17.5 Å². The summed E-state index contributed by atoms with van der Waals surface area (Å²) in [6.07, 6.45) is -15.1. The molecule has 3 heterocycles. The lowest BCUT2D eigenvalue weighted by molar-refractivity contribution is -0.138. The molecule has 0 amide bonds. The number of alkyl halides is 12. The Morgan fingerprint density at radius 3 is 1.29 bits per heavy atom. The topological polar surface area (TPSA) is 72.3 Å². The van der Waals surface area contributed by atoms with E-state index in [9.17, 15) is 57.9 Å². The molecule has 0 aliphatic heterocycles. The predicted molar refractivity (Wildman–Crippen MR) is 260 cm³/mol. The average molecular weight is 1030 g/mol. The molecule has 18 heteroatoms. The van der Waals surface area contributed by atoms with Crippen molar-refractivity contribution in [3.05, 3.63) is 203 Å². The van der Waals surface area contributed by atoms with Crippen LogP contribution in [0.4, 0.5) is 52.7 Å². The average Bonchev–Trinajstić information content (AvgIpc) is 3.91. The highest BCUT2D eigenvalue weighted by atomic mass is 19.4. The molecule has 0 radical (unpaired) electrons. The van der Waals surface area contributed by atoms with Crippen LogP contribution >= 0.6 is 0 Å². The zero-order valence-electron chi connectivity index (χ0n) is 38.1. The maximum atomic E-state index is 14.4. The third-order valence-corrected chi connectivity index (χ3v) is 13.0. The number of allylic oxidation sites excluding steroid dienone is 5. The Hall–Kier alpha value is -8.98. The van der Waals surface area contributed by atoms with Crippen molar-refractivity contribution >= 4 is 55.4 Å². The molecule has 0 unspecified atom stereocenters. The van der Waals surface area contributed by atoms with Crippen molar-refractivity contribution in [1.29, 1.82) is 5.26 Å². The predicted octanol–water partition coefficient (Wildman–Crippen LogP) is 16.9. The van der Waals surface area contributed by atoms with Crippen molar-refractivity contribution in [2.45, 2.75) is 31.1 Å². The molecule has 0 spiro atoms. The molecule has 6 nitrogen and oxygen atoms in total. The second-order valence-corrected chi connectivity index (χ2v) is 17.6. The fourth-order valence-corrected chi connectivity index (χ4v) is 9.57. The molecule has 0 saturated heterocycles.